The summed E-state index contributed by atoms with van der Waals surface area (Å²) in [5, 5.41) is 3.78. The fourth-order valence-corrected chi connectivity index (χ4v) is 5.93. The van der Waals surface area contributed by atoms with Crippen LogP contribution in [0.4, 0.5) is 5.69 Å². The summed E-state index contributed by atoms with van der Waals surface area (Å²) in [5.41, 5.74) is 0.320. The van der Waals surface area contributed by atoms with Gasteiger partial charge in [-0.25, -0.2) is 8.42 Å². The van der Waals surface area contributed by atoms with E-state index < -0.39 is 34.1 Å². The lowest BCUT2D eigenvalue weighted by Crippen LogP contribution is -2.55. The van der Waals surface area contributed by atoms with E-state index in [1.54, 1.807) is 43.3 Å². The summed E-state index contributed by atoms with van der Waals surface area (Å²) < 4.78 is 34.0. The van der Waals surface area contributed by atoms with E-state index >= 15 is 0 Å². The number of anilines is 1. The largest absolute Gasteiger partial charge is 0.497 e. The van der Waals surface area contributed by atoms with Crippen molar-refractivity contribution in [2.24, 2.45) is 0 Å². The lowest BCUT2D eigenvalue weighted by Gasteiger charge is -2.35. The second-order valence-corrected chi connectivity index (χ2v) is 13.1. The quantitative estimate of drug-likeness (QED) is 0.287. The topological polar surface area (TPSA) is 96.0 Å². The molecule has 0 spiro atoms. The Bertz CT molecular complexity index is 1460. The van der Waals surface area contributed by atoms with Gasteiger partial charge in [0.2, 0.25) is 11.8 Å². The van der Waals surface area contributed by atoms with Crippen molar-refractivity contribution < 1.29 is 22.7 Å². The van der Waals surface area contributed by atoms with Crippen molar-refractivity contribution >= 4 is 50.7 Å². The molecular weight excluding hydrogens is 585 g/mol. The highest BCUT2D eigenvalue weighted by Gasteiger charge is 2.35. The molecule has 0 heterocycles. The molecule has 0 saturated carbocycles. The minimum absolute atomic E-state index is 0.00557. The molecular formula is C30H35Cl2N3O5S. The third kappa shape index (κ3) is 8.38. The molecule has 0 fully saturated rings. The fraction of sp³-hybridized carbons (Fsp3) is 0.333. The number of halogens is 2. The second kappa shape index (κ2) is 13.6. The Balaban J connectivity index is 2.08. The van der Waals surface area contributed by atoms with Gasteiger partial charge < -0.3 is 15.0 Å². The lowest BCUT2D eigenvalue weighted by atomic mass is 10.1. The van der Waals surface area contributed by atoms with E-state index in [4.69, 9.17) is 27.9 Å². The number of carbonyl (C=O) groups excluding carboxylic acids is 2. The molecule has 3 aromatic carbocycles. The number of carbonyl (C=O) groups is 2. The van der Waals surface area contributed by atoms with E-state index in [-0.39, 0.29) is 23.0 Å². The Morgan fingerprint density at radius 2 is 1.56 bits per heavy atom. The molecule has 3 aromatic rings. The molecule has 41 heavy (non-hydrogen) atoms. The van der Waals surface area contributed by atoms with Gasteiger partial charge in [0, 0.05) is 22.1 Å². The maximum absolute atomic E-state index is 14.1. The van der Waals surface area contributed by atoms with Crippen molar-refractivity contribution in [3.63, 3.8) is 0 Å². The Labute approximate surface area is 252 Å². The molecule has 220 valence electrons. The van der Waals surface area contributed by atoms with Crippen molar-refractivity contribution in [2.75, 3.05) is 18.0 Å². The average Bonchev–Trinajstić information content (AvgIpc) is 2.92. The van der Waals surface area contributed by atoms with Crippen molar-refractivity contribution in [3.05, 3.63) is 88.4 Å². The summed E-state index contributed by atoms with van der Waals surface area (Å²) in [7, 11) is -2.74. The first-order chi connectivity index (χ1) is 19.3. The number of amides is 2. The van der Waals surface area contributed by atoms with Crippen molar-refractivity contribution in [2.45, 2.75) is 57.1 Å². The van der Waals surface area contributed by atoms with E-state index in [0.717, 1.165) is 4.31 Å². The van der Waals surface area contributed by atoms with Gasteiger partial charge in [0.1, 0.15) is 18.3 Å². The third-order valence-electron chi connectivity index (χ3n) is 6.22. The van der Waals surface area contributed by atoms with E-state index in [1.165, 1.54) is 48.4 Å². The molecule has 0 aliphatic heterocycles. The fourth-order valence-electron chi connectivity index (χ4n) is 4.19. The van der Waals surface area contributed by atoms with E-state index in [2.05, 4.69) is 5.32 Å². The van der Waals surface area contributed by atoms with Crippen LogP contribution in [0.1, 0.15) is 39.7 Å². The first kappa shape index (κ1) is 32.2. The zero-order valence-electron chi connectivity index (χ0n) is 23.7. The highest BCUT2D eigenvalue weighted by molar-refractivity contribution is 7.92. The van der Waals surface area contributed by atoms with Crippen LogP contribution in [0.25, 0.3) is 0 Å². The lowest BCUT2D eigenvalue weighted by molar-refractivity contribution is -0.141. The Hall–Kier alpha value is -3.27. The Morgan fingerprint density at radius 1 is 0.951 bits per heavy atom. The van der Waals surface area contributed by atoms with Gasteiger partial charge in [-0.05, 0) is 87.4 Å². The minimum atomic E-state index is -4.22. The number of ether oxygens (including phenoxy) is 1. The smallest absolute Gasteiger partial charge is 0.264 e. The zero-order chi connectivity index (χ0) is 30.4. The summed E-state index contributed by atoms with van der Waals surface area (Å²) in [5.74, 6) is -0.441. The molecule has 0 radical (unpaired) electrons. The van der Waals surface area contributed by atoms with Gasteiger partial charge in [-0.3, -0.25) is 13.9 Å². The molecule has 3 rings (SSSR count). The standard InChI is InChI=1S/C30H35Cl2N3O5S/c1-6-27(29(37)33-30(2,3)4)34(19-21-9-7-8-10-26(21)32)28(36)20-35(23-13-11-22(31)12-14-23)41(38,39)25-17-15-24(40-5)16-18-25/h7-18,27H,6,19-20H2,1-5H3,(H,33,37)/t27-/m0/s1. The molecule has 8 nitrogen and oxygen atoms in total. The van der Waals surface area contributed by atoms with Gasteiger partial charge in [-0.2, -0.15) is 0 Å². The molecule has 0 saturated heterocycles. The average molecular weight is 621 g/mol. The molecule has 2 amide bonds. The van der Waals surface area contributed by atoms with Crippen LogP contribution in [0.2, 0.25) is 10.0 Å². The number of hydrogen-bond donors (Lipinski definition) is 1. The number of hydrogen-bond acceptors (Lipinski definition) is 5. The van der Waals surface area contributed by atoms with Crippen LogP contribution in [0.5, 0.6) is 5.75 Å². The number of nitrogens with zero attached hydrogens (tertiary/aromatic N) is 2. The van der Waals surface area contributed by atoms with Crippen LogP contribution < -0.4 is 14.4 Å². The highest BCUT2D eigenvalue weighted by Crippen LogP contribution is 2.28. The van der Waals surface area contributed by atoms with Gasteiger partial charge in [0.15, 0.2) is 0 Å². The summed E-state index contributed by atoms with van der Waals surface area (Å²) in [4.78, 5) is 28.8. The normalized spacial score (nSPS) is 12.4. The van der Waals surface area contributed by atoms with Crippen LogP contribution in [0.15, 0.2) is 77.7 Å². The highest BCUT2D eigenvalue weighted by atomic mass is 35.5. The van der Waals surface area contributed by atoms with Gasteiger partial charge in [-0.15, -0.1) is 0 Å². The molecule has 1 atom stereocenters. The summed E-state index contributed by atoms with van der Waals surface area (Å²) >= 11 is 12.5. The first-order valence-corrected chi connectivity index (χ1v) is 15.2. The maximum Gasteiger partial charge on any atom is 0.264 e. The Kier molecular flexibility index (Phi) is 10.7. The molecule has 1 N–H and O–H groups in total. The zero-order valence-corrected chi connectivity index (χ0v) is 26.1. The minimum Gasteiger partial charge on any atom is -0.497 e. The van der Waals surface area contributed by atoms with E-state index in [9.17, 15) is 18.0 Å². The first-order valence-electron chi connectivity index (χ1n) is 13.0. The third-order valence-corrected chi connectivity index (χ3v) is 8.63. The van der Waals surface area contributed by atoms with Gasteiger partial charge in [0.25, 0.3) is 10.0 Å². The molecule has 0 unspecified atom stereocenters. The van der Waals surface area contributed by atoms with E-state index in [0.29, 0.717) is 27.8 Å². The number of benzene rings is 3. The monoisotopic (exact) mass is 619 g/mol. The van der Waals surface area contributed by atoms with Crippen molar-refractivity contribution in [1.82, 2.24) is 10.2 Å². The number of rotatable bonds is 11. The van der Waals surface area contributed by atoms with Crippen LogP contribution in [0.3, 0.4) is 0 Å². The number of methoxy groups -OCH3 is 1. The van der Waals surface area contributed by atoms with Crippen molar-refractivity contribution in [3.8, 4) is 5.75 Å². The number of nitrogens with one attached hydrogen (secondary N) is 1. The molecule has 11 heteroatoms. The Morgan fingerprint density at radius 3 is 2.10 bits per heavy atom. The van der Waals surface area contributed by atoms with E-state index in [1.807, 2.05) is 20.8 Å². The molecule has 0 aliphatic rings. The predicted molar refractivity (Wildman–Crippen MR) is 163 cm³/mol. The predicted octanol–water partition coefficient (Wildman–Crippen LogP) is 5.92. The molecule has 0 bridgehead atoms. The molecule has 0 aromatic heterocycles. The van der Waals surface area contributed by atoms with Gasteiger partial charge >= 0.3 is 0 Å². The second-order valence-electron chi connectivity index (χ2n) is 10.4. The van der Waals surface area contributed by atoms with Gasteiger partial charge in [-0.1, -0.05) is 48.3 Å². The maximum atomic E-state index is 14.1. The van der Waals surface area contributed by atoms with Crippen LogP contribution in [0, 0.1) is 0 Å². The summed E-state index contributed by atoms with van der Waals surface area (Å²) in [6.07, 6.45) is 0.296. The van der Waals surface area contributed by atoms with Gasteiger partial charge in [0.05, 0.1) is 17.7 Å². The van der Waals surface area contributed by atoms with Crippen LogP contribution >= 0.6 is 23.2 Å². The van der Waals surface area contributed by atoms with Crippen molar-refractivity contribution in [1.29, 1.82) is 0 Å². The van der Waals surface area contributed by atoms with Crippen LogP contribution in [-0.2, 0) is 26.2 Å². The SMILES string of the molecule is CC[C@@H](C(=O)NC(C)(C)C)N(Cc1ccccc1Cl)C(=O)CN(c1ccc(Cl)cc1)S(=O)(=O)c1ccc(OC)cc1. The van der Waals surface area contributed by atoms with Crippen LogP contribution in [-0.4, -0.2) is 50.4 Å². The summed E-state index contributed by atoms with van der Waals surface area (Å²) in [6.45, 7) is 6.78. The molecule has 0 aliphatic carbocycles. The summed E-state index contributed by atoms with van der Waals surface area (Å²) in [6, 6.07) is 18.2. The number of sulfonamides is 1.